The van der Waals surface area contributed by atoms with E-state index in [4.69, 9.17) is 4.42 Å². The second kappa shape index (κ2) is 8.83. The molecule has 3 aromatic rings. The Bertz CT molecular complexity index is 1120. The van der Waals surface area contributed by atoms with Gasteiger partial charge in [-0.05, 0) is 69.7 Å². The molecule has 8 nitrogen and oxygen atoms in total. The zero-order chi connectivity index (χ0) is 22.0. The summed E-state index contributed by atoms with van der Waals surface area (Å²) in [7, 11) is 1.67. The van der Waals surface area contributed by atoms with E-state index in [1.165, 1.54) is 4.57 Å². The van der Waals surface area contributed by atoms with Crippen molar-refractivity contribution in [1.82, 2.24) is 25.1 Å². The third-order valence-electron chi connectivity index (χ3n) is 6.15. The molecule has 31 heavy (non-hydrogen) atoms. The van der Waals surface area contributed by atoms with Crippen LogP contribution in [0.15, 0.2) is 39.7 Å². The minimum absolute atomic E-state index is 0.186. The number of hydrogen-bond acceptors (Lipinski definition) is 6. The van der Waals surface area contributed by atoms with Crippen LogP contribution in [0.3, 0.4) is 0 Å². The van der Waals surface area contributed by atoms with E-state index in [0.717, 1.165) is 42.6 Å². The van der Waals surface area contributed by atoms with Crippen molar-refractivity contribution < 1.29 is 9.21 Å². The van der Waals surface area contributed by atoms with Crippen LogP contribution in [0.25, 0.3) is 11.5 Å². The van der Waals surface area contributed by atoms with Gasteiger partial charge in [0.15, 0.2) is 0 Å². The van der Waals surface area contributed by atoms with E-state index >= 15 is 0 Å². The molecule has 3 heterocycles. The van der Waals surface area contributed by atoms with Crippen LogP contribution in [-0.2, 0) is 7.05 Å². The summed E-state index contributed by atoms with van der Waals surface area (Å²) in [6, 6.07) is 7.24. The minimum atomic E-state index is -0.309. The molecule has 0 atom stereocenters. The van der Waals surface area contributed by atoms with Crippen LogP contribution in [0.4, 0.5) is 0 Å². The molecule has 0 bridgehead atoms. The number of rotatable bonds is 5. The van der Waals surface area contributed by atoms with Gasteiger partial charge < -0.3 is 14.3 Å². The SMILES string of the molecule is Cc1ccc(-c2nnc(C3CCC(CNC(=O)c4ccc(C)n(C)c4=O)CC3)o2)cn1. The van der Waals surface area contributed by atoms with Gasteiger partial charge in [-0.1, -0.05) is 0 Å². The van der Waals surface area contributed by atoms with Crippen molar-refractivity contribution in [2.24, 2.45) is 13.0 Å². The zero-order valence-electron chi connectivity index (χ0n) is 18.1. The molecule has 1 aliphatic rings. The number of hydrogen-bond donors (Lipinski definition) is 1. The second-order valence-electron chi connectivity index (χ2n) is 8.31. The Kier molecular flexibility index (Phi) is 5.97. The first-order valence-corrected chi connectivity index (χ1v) is 10.6. The summed E-state index contributed by atoms with van der Waals surface area (Å²) in [5.74, 6) is 1.46. The van der Waals surface area contributed by atoms with Gasteiger partial charge in [-0.2, -0.15) is 0 Å². The van der Waals surface area contributed by atoms with Crippen molar-refractivity contribution in [2.45, 2.75) is 45.4 Å². The van der Waals surface area contributed by atoms with Gasteiger partial charge in [-0.3, -0.25) is 14.6 Å². The number of nitrogens with one attached hydrogen (secondary N) is 1. The van der Waals surface area contributed by atoms with Crippen molar-refractivity contribution in [2.75, 3.05) is 6.54 Å². The molecule has 0 spiro atoms. The predicted octanol–water partition coefficient (Wildman–Crippen LogP) is 3.15. The highest BCUT2D eigenvalue weighted by Gasteiger charge is 2.27. The first kappa shape index (κ1) is 21.0. The van der Waals surface area contributed by atoms with E-state index in [0.29, 0.717) is 24.2 Å². The number of aromatic nitrogens is 4. The number of aryl methyl sites for hydroxylation is 2. The molecule has 0 unspecified atom stereocenters. The molecule has 8 heteroatoms. The Morgan fingerprint density at radius 2 is 1.90 bits per heavy atom. The number of carbonyl (C=O) groups excluding carboxylic acids is 1. The van der Waals surface area contributed by atoms with Gasteiger partial charge in [0.1, 0.15) is 5.56 Å². The predicted molar refractivity (Wildman–Crippen MR) is 116 cm³/mol. The van der Waals surface area contributed by atoms with Crippen molar-refractivity contribution in [3.8, 4) is 11.5 Å². The molecular weight excluding hydrogens is 394 g/mol. The molecule has 3 aromatic heterocycles. The standard InChI is InChI=1S/C23H27N5O3/c1-14-4-8-18(13-24-14)22-27-26-21(31-22)17-9-6-16(7-10-17)12-25-20(29)19-11-5-15(2)28(3)23(19)30/h4-5,8,11,13,16-17H,6-7,9-10,12H2,1-3H3,(H,25,29). The van der Waals surface area contributed by atoms with Crippen LogP contribution in [-0.4, -0.2) is 32.2 Å². The largest absolute Gasteiger partial charge is 0.420 e. The van der Waals surface area contributed by atoms with Crippen LogP contribution in [0.5, 0.6) is 0 Å². The monoisotopic (exact) mass is 421 g/mol. The summed E-state index contributed by atoms with van der Waals surface area (Å²) in [5.41, 5.74) is 2.50. The van der Waals surface area contributed by atoms with E-state index in [1.54, 1.807) is 25.4 Å². The highest BCUT2D eigenvalue weighted by molar-refractivity contribution is 5.93. The molecule has 0 aromatic carbocycles. The smallest absolute Gasteiger partial charge is 0.263 e. The first-order valence-electron chi connectivity index (χ1n) is 10.6. The third-order valence-corrected chi connectivity index (χ3v) is 6.15. The Balaban J connectivity index is 1.30. The van der Waals surface area contributed by atoms with Gasteiger partial charge in [0.05, 0.1) is 5.56 Å². The highest BCUT2D eigenvalue weighted by Crippen LogP contribution is 2.35. The maximum Gasteiger partial charge on any atom is 0.263 e. The van der Waals surface area contributed by atoms with E-state index < -0.39 is 0 Å². The van der Waals surface area contributed by atoms with E-state index in [2.05, 4.69) is 20.5 Å². The van der Waals surface area contributed by atoms with Crippen LogP contribution in [0, 0.1) is 19.8 Å². The van der Waals surface area contributed by atoms with Crippen LogP contribution in [0.1, 0.15) is 59.2 Å². The lowest BCUT2D eigenvalue weighted by Gasteiger charge is -2.26. The summed E-state index contributed by atoms with van der Waals surface area (Å²) in [6.07, 6.45) is 5.52. The average Bonchev–Trinajstić information content (AvgIpc) is 3.27. The van der Waals surface area contributed by atoms with Crippen LogP contribution in [0.2, 0.25) is 0 Å². The van der Waals surface area contributed by atoms with Gasteiger partial charge >= 0.3 is 0 Å². The molecule has 1 aliphatic carbocycles. The molecular formula is C23H27N5O3. The van der Waals surface area contributed by atoms with E-state index in [1.807, 2.05) is 26.0 Å². The summed E-state index contributed by atoms with van der Waals surface area (Å²) in [5, 5.41) is 11.4. The molecule has 1 saturated carbocycles. The van der Waals surface area contributed by atoms with Crippen molar-refractivity contribution >= 4 is 5.91 Å². The Morgan fingerprint density at radius 3 is 2.61 bits per heavy atom. The molecule has 1 N–H and O–H groups in total. The van der Waals surface area contributed by atoms with Gasteiger partial charge in [0.2, 0.25) is 11.8 Å². The normalized spacial score (nSPS) is 18.7. The van der Waals surface area contributed by atoms with E-state index in [-0.39, 0.29) is 22.9 Å². The highest BCUT2D eigenvalue weighted by atomic mass is 16.4. The lowest BCUT2D eigenvalue weighted by molar-refractivity contribution is 0.0940. The molecule has 0 aliphatic heterocycles. The molecule has 162 valence electrons. The fourth-order valence-corrected chi connectivity index (χ4v) is 3.96. The first-order chi connectivity index (χ1) is 14.9. The molecule has 0 radical (unpaired) electrons. The summed E-state index contributed by atoms with van der Waals surface area (Å²) in [4.78, 5) is 29.0. The minimum Gasteiger partial charge on any atom is -0.420 e. The molecule has 4 rings (SSSR count). The zero-order valence-corrected chi connectivity index (χ0v) is 18.1. The maximum atomic E-state index is 12.5. The number of nitrogens with zero attached hydrogens (tertiary/aromatic N) is 4. The second-order valence-corrected chi connectivity index (χ2v) is 8.31. The van der Waals surface area contributed by atoms with Crippen LogP contribution >= 0.6 is 0 Å². The summed E-state index contributed by atoms with van der Waals surface area (Å²) < 4.78 is 7.40. The fraction of sp³-hybridized carbons (Fsp3) is 0.435. The molecule has 1 fully saturated rings. The number of carbonyl (C=O) groups is 1. The van der Waals surface area contributed by atoms with Gasteiger partial charge in [-0.15, -0.1) is 10.2 Å². The third kappa shape index (κ3) is 4.57. The summed E-state index contributed by atoms with van der Waals surface area (Å²) >= 11 is 0. The average molecular weight is 422 g/mol. The summed E-state index contributed by atoms with van der Waals surface area (Å²) in [6.45, 7) is 4.34. The van der Waals surface area contributed by atoms with E-state index in [9.17, 15) is 9.59 Å². The lowest BCUT2D eigenvalue weighted by atomic mass is 9.82. The van der Waals surface area contributed by atoms with Gasteiger partial charge in [-0.25, -0.2) is 0 Å². The maximum absolute atomic E-state index is 12.5. The Labute approximate surface area is 180 Å². The van der Waals surface area contributed by atoms with Gasteiger partial charge in [0.25, 0.3) is 11.5 Å². The Hall–Kier alpha value is -3.29. The van der Waals surface area contributed by atoms with Crippen molar-refractivity contribution in [3.05, 3.63) is 63.7 Å². The topological polar surface area (TPSA) is 103 Å². The Morgan fingerprint density at radius 1 is 1.13 bits per heavy atom. The number of pyridine rings is 2. The fourth-order valence-electron chi connectivity index (χ4n) is 3.96. The number of amides is 1. The lowest BCUT2D eigenvalue weighted by Crippen LogP contribution is -2.36. The van der Waals surface area contributed by atoms with Gasteiger partial charge in [0, 0.05) is 37.1 Å². The van der Waals surface area contributed by atoms with Crippen LogP contribution < -0.4 is 10.9 Å². The molecule has 1 amide bonds. The molecule has 0 saturated heterocycles. The van der Waals surface area contributed by atoms with Crippen molar-refractivity contribution in [3.63, 3.8) is 0 Å². The van der Waals surface area contributed by atoms with Crippen molar-refractivity contribution in [1.29, 1.82) is 0 Å². The quantitative estimate of drug-likeness (QED) is 0.679.